The van der Waals surface area contributed by atoms with E-state index in [2.05, 4.69) is 48.6 Å². The van der Waals surface area contributed by atoms with E-state index < -0.39 is 0 Å². The zero-order valence-corrected chi connectivity index (χ0v) is 23.5. The van der Waals surface area contributed by atoms with Crippen molar-refractivity contribution in [1.82, 2.24) is 24.3 Å². The minimum atomic E-state index is -0.0917. The van der Waals surface area contributed by atoms with Gasteiger partial charge >= 0.3 is 0 Å². The Labute approximate surface area is 235 Å². The van der Waals surface area contributed by atoms with Crippen molar-refractivity contribution in [3.05, 3.63) is 41.6 Å². The lowest BCUT2D eigenvalue weighted by Gasteiger charge is -2.34. The normalized spacial score (nSPS) is 14.9. The quantitative estimate of drug-likeness (QED) is 0.217. The second-order valence-electron chi connectivity index (χ2n) is 10.2. The van der Waals surface area contributed by atoms with Crippen molar-refractivity contribution in [2.24, 2.45) is 5.90 Å². The van der Waals surface area contributed by atoms with Crippen molar-refractivity contribution in [1.29, 1.82) is 0 Å². The molecule has 12 heteroatoms. The van der Waals surface area contributed by atoms with Crippen LogP contribution < -0.4 is 21.7 Å². The lowest BCUT2D eigenvalue weighted by atomic mass is 10.1. The number of hydrogen-bond acceptors (Lipinski definition) is 10. The van der Waals surface area contributed by atoms with Crippen molar-refractivity contribution in [2.75, 3.05) is 57.6 Å². The zero-order valence-electron chi connectivity index (χ0n) is 23.5. The number of piperazine rings is 1. The first-order valence-corrected chi connectivity index (χ1v) is 13.9. The van der Waals surface area contributed by atoms with Gasteiger partial charge in [0.1, 0.15) is 17.9 Å². The van der Waals surface area contributed by atoms with Crippen LogP contribution in [0.15, 0.2) is 30.5 Å². The summed E-state index contributed by atoms with van der Waals surface area (Å²) in [5.74, 6) is 6.65. The first-order chi connectivity index (χ1) is 19.4. The topological polar surface area (TPSA) is 157 Å². The molecule has 40 heavy (non-hydrogen) atoms. The molecular weight excluding hydrogens is 512 g/mol. The Morgan fingerprint density at radius 2 is 1.95 bits per heavy atom. The summed E-state index contributed by atoms with van der Waals surface area (Å²) in [6.45, 7) is 6.35. The molecule has 12 nitrogen and oxygen atoms in total. The van der Waals surface area contributed by atoms with E-state index in [0.29, 0.717) is 31.9 Å². The number of carbonyl (C=O) groups is 1. The van der Waals surface area contributed by atoms with E-state index in [9.17, 15) is 9.90 Å². The monoisotopic (exact) mass is 554 g/mol. The molecular formula is C28H42N8O4. The van der Waals surface area contributed by atoms with Crippen LogP contribution in [0.25, 0.3) is 11.0 Å². The molecule has 2 aromatic heterocycles. The molecule has 3 heterocycles. The number of nitrogens with two attached hydrogens (primary N) is 2. The number of nitrogen functional groups attached to an aromatic ring is 1. The number of carbonyl (C=O) groups excluding carboxylic acids is 1. The number of ether oxygens (including phenoxy) is 1. The Morgan fingerprint density at radius 1 is 1.15 bits per heavy atom. The van der Waals surface area contributed by atoms with Crippen LogP contribution in [-0.4, -0.2) is 87.9 Å². The SMILES string of the molecule is CCCC[C@@H](CCO)Nc1nc(N)nc2ccn(Cc3cc(CN4CCN(C(=O)CON)CC4)ccc3OC)c12. The van der Waals surface area contributed by atoms with Crippen molar-refractivity contribution >= 4 is 28.7 Å². The van der Waals surface area contributed by atoms with Crippen LogP contribution in [0.3, 0.4) is 0 Å². The summed E-state index contributed by atoms with van der Waals surface area (Å²) >= 11 is 0. The highest BCUT2D eigenvalue weighted by molar-refractivity contribution is 5.87. The summed E-state index contributed by atoms with van der Waals surface area (Å²) in [6.07, 6.45) is 5.69. The van der Waals surface area contributed by atoms with Crippen molar-refractivity contribution in [3.8, 4) is 5.75 Å². The van der Waals surface area contributed by atoms with Crippen LogP contribution in [0.5, 0.6) is 5.75 Å². The minimum absolute atomic E-state index is 0.0829. The molecule has 0 spiro atoms. The summed E-state index contributed by atoms with van der Waals surface area (Å²) in [5, 5.41) is 13.1. The Balaban J connectivity index is 1.53. The summed E-state index contributed by atoms with van der Waals surface area (Å²) < 4.78 is 7.83. The van der Waals surface area contributed by atoms with Crippen molar-refractivity contribution in [2.45, 2.75) is 51.7 Å². The van der Waals surface area contributed by atoms with Gasteiger partial charge in [-0.15, -0.1) is 0 Å². The predicted molar refractivity (Wildman–Crippen MR) is 155 cm³/mol. The highest BCUT2D eigenvalue weighted by Crippen LogP contribution is 2.28. The lowest BCUT2D eigenvalue weighted by molar-refractivity contribution is -0.138. The second-order valence-corrected chi connectivity index (χ2v) is 10.2. The van der Waals surface area contributed by atoms with Crippen molar-refractivity contribution < 1.29 is 19.5 Å². The third kappa shape index (κ3) is 7.39. The maximum absolute atomic E-state index is 12.1. The van der Waals surface area contributed by atoms with Gasteiger partial charge in [-0.3, -0.25) is 14.5 Å². The number of aliphatic hydroxyl groups excluding tert-OH is 1. The number of aliphatic hydroxyl groups is 1. The van der Waals surface area contributed by atoms with Crippen LogP contribution in [0.2, 0.25) is 0 Å². The molecule has 1 saturated heterocycles. The molecule has 3 aromatic rings. The number of fused-ring (bicyclic) bond motifs is 1. The molecule has 1 aliphatic rings. The van der Waals surface area contributed by atoms with Gasteiger partial charge in [0.05, 0.1) is 19.2 Å². The molecule has 1 amide bonds. The first-order valence-electron chi connectivity index (χ1n) is 13.9. The summed E-state index contributed by atoms with van der Waals surface area (Å²) in [4.78, 5) is 29.7. The summed E-state index contributed by atoms with van der Waals surface area (Å²) in [5.41, 5.74) is 9.88. The van der Waals surface area contributed by atoms with Crippen LogP contribution in [0, 0.1) is 0 Å². The van der Waals surface area contributed by atoms with E-state index >= 15 is 0 Å². The largest absolute Gasteiger partial charge is 0.496 e. The van der Waals surface area contributed by atoms with E-state index in [4.69, 9.17) is 16.4 Å². The molecule has 1 aromatic carbocycles. The third-order valence-electron chi connectivity index (χ3n) is 7.38. The average Bonchev–Trinajstić information content (AvgIpc) is 3.35. The van der Waals surface area contributed by atoms with E-state index in [1.807, 2.05) is 18.3 Å². The minimum Gasteiger partial charge on any atom is -0.496 e. The first kappa shape index (κ1) is 29.5. The maximum Gasteiger partial charge on any atom is 0.250 e. The fourth-order valence-electron chi connectivity index (χ4n) is 5.26. The number of anilines is 2. The fraction of sp³-hybridized carbons (Fsp3) is 0.536. The van der Waals surface area contributed by atoms with Gasteiger partial charge in [0.25, 0.3) is 5.91 Å². The Hall–Kier alpha value is -3.45. The third-order valence-corrected chi connectivity index (χ3v) is 7.38. The standard InChI is InChI=1S/C28H42N8O4/c1-3-4-5-22(9-15-37)31-27-26-23(32-28(29)33-27)8-10-36(26)18-21-16-20(6-7-24(21)39-2)17-34-11-13-35(14-12-34)25(38)19-40-30/h6-8,10,16,22,37H,3-5,9,11-15,17-19,30H2,1-2H3,(H3,29,31,32,33)/t22-/m0/s1. The van der Waals surface area contributed by atoms with Crippen LogP contribution in [-0.2, 0) is 22.7 Å². The Morgan fingerprint density at radius 3 is 2.65 bits per heavy atom. The van der Waals surface area contributed by atoms with Crippen molar-refractivity contribution in [3.63, 3.8) is 0 Å². The average molecular weight is 555 g/mol. The summed E-state index contributed by atoms with van der Waals surface area (Å²) in [6, 6.07) is 8.29. The molecule has 1 fully saturated rings. The number of unbranched alkanes of at least 4 members (excludes halogenated alkanes) is 1. The van der Waals surface area contributed by atoms with Crippen LogP contribution >= 0.6 is 0 Å². The molecule has 6 N–H and O–H groups in total. The second kappa shape index (κ2) is 14.3. The number of amides is 1. The maximum atomic E-state index is 12.1. The van der Waals surface area contributed by atoms with Gasteiger partial charge in [-0.05, 0) is 36.6 Å². The van der Waals surface area contributed by atoms with E-state index in [1.54, 1.807) is 12.0 Å². The number of nitrogens with one attached hydrogen (secondary N) is 1. The smallest absolute Gasteiger partial charge is 0.250 e. The van der Waals surface area contributed by atoms with E-state index in [-0.39, 0.29) is 31.1 Å². The van der Waals surface area contributed by atoms with Gasteiger partial charge in [-0.25, -0.2) is 10.9 Å². The summed E-state index contributed by atoms with van der Waals surface area (Å²) in [7, 11) is 1.68. The van der Waals surface area contributed by atoms with E-state index in [1.165, 1.54) is 5.56 Å². The Bertz CT molecular complexity index is 1260. The number of benzene rings is 1. The van der Waals surface area contributed by atoms with E-state index in [0.717, 1.165) is 61.2 Å². The fourth-order valence-corrected chi connectivity index (χ4v) is 5.26. The molecule has 0 saturated carbocycles. The number of methoxy groups -OCH3 is 1. The molecule has 0 aliphatic carbocycles. The molecule has 1 aliphatic heterocycles. The number of rotatable bonds is 14. The van der Waals surface area contributed by atoms with Crippen LogP contribution in [0.4, 0.5) is 11.8 Å². The highest BCUT2D eigenvalue weighted by atomic mass is 16.6. The molecule has 1 atom stereocenters. The molecule has 218 valence electrons. The lowest BCUT2D eigenvalue weighted by Crippen LogP contribution is -2.49. The Kier molecular flexibility index (Phi) is 10.5. The van der Waals surface area contributed by atoms with Gasteiger partial charge in [0.15, 0.2) is 5.82 Å². The predicted octanol–water partition coefficient (Wildman–Crippen LogP) is 1.96. The van der Waals surface area contributed by atoms with Gasteiger partial charge < -0.3 is 30.4 Å². The van der Waals surface area contributed by atoms with Gasteiger partial charge in [0, 0.05) is 57.1 Å². The van der Waals surface area contributed by atoms with Gasteiger partial charge in [-0.2, -0.15) is 4.98 Å². The molecule has 4 rings (SSSR count). The van der Waals surface area contributed by atoms with Crippen LogP contribution in [0.1, 0.15) is 43.7 Å². The molecule has 0 radical (unpaired) electrons. The molecule has 0 bridgehead atoms. The number of nitrogens with zero attached hydrogens (tertiary/aromatic N) is 5. The van der Waals surface area contributed by atoms with Gasteiger partial charge in [0.2, 0.25) is 5.95 Å². The molecule has 0 unspecified atom stereocenters. The number of hydrogen-bond donors (Lipinski definition) is 4. The van der Waals surface area contributed by atoms with Gasteiger partial charge in [-0.1, -0.05) is 25.8 Å². The zero-order chi connectivity index (χ0) is 28.5. The highest BCUT2D eigenvalue weighted by Gasteiger charge is 2.22. The number of aromatic nitrogens is 3.